The van der Waals surface area contributed by atoms with E-state index in [1.165, 1.54) is 18.6 Å². The average molecular weight is 371 g/mol. The van der Waals surface area contributed by atoms with Crippen molar-refractivity contribution in [1.29, 1.82) is 0 Å². The molecular weight excluding hydrogens is 343 g/mol. The highest BCUT2D eigenvalue weighted by Crippen LogP contribution is 2.30. The van der Waals surface area contributed by atoms with Crippen molar-refractivity contribution in [2.45, 2.75) is 45.3 Å². The van der Waals surface area contributed by atoms with Crippen LogP contribution in [0.25, 0.3) is 0 Å². The van der Waals surface area contributed by atoms with Crippen molar-refractivity contribution in [3.8, 4) is 0 Å². The molecule has 1 saturated heterocycles. The van der Waals surface area contributed by atoms with Crippen LogP contribution in [0.1, 0.15) is 39.2 Å². The molecule has 7 heteroatoms. The number of benzene rings is 1. The summed E-state index contributed by atoms with van der Waals surface area (Å²) in [6.07, 6.45) is -1.99. The SMILES string of the molecule is CC1CCCN(C(C)(C)CNC(=O)CNc2cccc(C(F)(F)F)c2)C1. The summed E-state index contributed by atoms with van der Waals surface area (Å²) in [7, 11) is 0. The first-order valence-corrected chi connectivity index (χ1v) is 9.01. The molecule has 1 atom stereocenters. The third kappa shape index (κ3) is 5.90. The number of hydrogen-bond acceptors (Lipinski definition) is 3. The number of alkyl halides is 3. The van der Waals surface area contributed by atoms with Crippen molar-refractivity contribution in [2.24, 2.45) is 5.92 Å². The highest BCUT2D eigenvalue weighted by molar-refractivity contribution is 5.80. The van der Waals surface area contributed by atoms with Crippen LogP contribution in [-0.2, 0) is 11.0 Å². The van der Waals surface area contributed by atoms with E-state index in [2.05, 4.69) is 36.3 Å². The Bertz CT molecular complexity index is 616. The van der Waals surface area contributed by atoms with Crippen LogP contribution in [0.3, 0.4) is 0 Å². The fourth-order valence-corrected chi connectivity index (χ4v) is 3.22. The zero-order chi connectivity index (χ0) is 19.4. The summed E-state index contributed by atoms with van der Waals surface area (Å²) in [6, 6.07) is 4.85. The molecule has 1 fully saturated rings. The minimum absolute atomic E-state index is 0.0617. The predicted molar refractivity (Wildman–Crippen MR) is 97.0 cm³/mol. The summed E-state index contributed by atoms with van der Waals surface area (Å²) < 4.78 is 38.1. The van der Waals surface area contributed by atoms with Gasteiger partial charge in [0.15, 0.2) is 0 Å². The lowest BCUT2D eigenvalue weighted by molar-refractivity contribution is -0.137. The summed E-state index contributed by atoms with van der Waals surface area (Å²) in [5.41, 5.74) is -0.608. The Hall–Kier alpha value is -1.76. The standard InChI is InChI=1S/C19H28F3N3O/c1-14-6-5-9-25(12-14)18(2,3)13-24-17(26)11-23-16-8-4-7-15(10-16)19(20,21)22/h4,7-8,10,14,23H,5-6,9,11-13H2,1-3H3,(H,24,26). The normalized spacial score (nSPS) is 19.2. The van der Waals surface area contributed by atoms with Crippen LogP contribution in [0.4, 0.5) is 18.9 Å². The lowest BCUT2D eigenvalue weighted by Gasteiger charge is -2.43. The Kier molecular flexibility index (Phi) is 6.55. The first-order chi connectivity index (χ1) is 12.1. The van der Waals surface area contributed by atoms with E-state index in [0.717, 1.165) is 31.6 Å². The molecule has 1 aromatic rings. The molecule has 1 heterocycles. The number of piperidine rings is 1. The van der Waals surface area contributed by atoms with Gasteiger partial charge in [-0.2, -0.15) is 13.2 Å². The lowest BCUT2D eigenvalue weighted by atomic mass is 9.93. The summed E-state index contributed by atoms with van der Waals surface area (Å²) in [5, 5.41) is 5.64. The van der Waals surface area contributed by atoms with Crippen molar-refractivity contribution < 1.29 is 18.0 Å². The number of halogens is 3. The Morgan fingerprint density at radius 3 is 2.69 bits per heavy atom. The number of hydrogen-bond donors (Lipinski definition) is 2. The quantitative estimate of drug-likeness (QED) is 0.801. The molecule has 0 bridgehead atoms. The summed E-state index contributed by atoms with van der Waals surface area (Å²) in [5.74, 6) is 0.418. The molecule has 2 rings (SSSR count). The Morgan fingerprint density at radius 1 is 1.31 bits per heavy atom. The van der Waals surface area contributed by atoms with E-state index in [1.54, 1.807) is 0 Å². The number of carbonyl (C=O) groups is 1. The van der Waals surface area contributed by atoms with Crippen LogP contribution in [0.2, 0.25) is 0 Å². The smallest absolute Gasteiger partial charge is 0.376 e. The maximum atomic E-state index is 12.7. The van der Waals surface area contributed by atoms with Gasteiger partial charge in [-0.05, 0) is 57.4 Å². The lowest BCUT2D eigenvalue weighted by Crippen LogP contribution is -2.55. The average Bonchev–Trinajstić information content (AvgIpc) is 2.58. The molecule has 0 aromatic heterocycles. The van der Waals surface area contributed by atoms with E-state index >= 15 is 0 Å². The fraction of sp³-hybridized carbons (Fsp3) is 0.632. The van der Waals surface area contributed by atoms with Gasteiger partial charge in [-0.25, -0.2) is 0 Å². The predicted octanol–water partition coefficient (Wildman–Crippen LogP) is 3.74. The molecule has 1 aliphatic heterocycles. The first kappa shape index (κ1) is 20.6. The molecule has 0 saturated carbocycles. The number of nitrogens with zero attached hydrogens (tertiary/aromatic N) is 1. The maximum absolute atomic E-state index is 12.7. The van der Waals surface area contributed by atoms with Crippen LogP contribution in [0, 0.1) is 5.92 Å². The second kappa shape index (κ2) is 8.29. The zero-order valence-electron chi connectivity index (χ0n) is 15.6. The zero-order valence-corrected chi connectivity index (χ0v) is 15.6. The van der Waals surface area contributed by atoms with Crippen LogP contribution in [-0.4, -0.2) is 42.5 Å². The highest BCUT2D eigenvalue weighted by atomic mass is 19.4. The second-order valence-electron chi connectivity index (χ2n) is 7.71. The minimum atomic E-state index is -4.39. The van der Waals surface area contributed by atoms with E-state index in [0.29, 0.717) is 12.5 Å². The molecule has 1 unspecified atom stereocenters. The summed E-state index contributed by atoms with van der Waals surface area (Å²) >= 11 is 0. The van der Waals surface area contributed by atoms with Crippen LogP contribution < -0.4 is 10.6 Å². The highest BCUT2D eigenvalue weighted by Gasteiger charge is 2.31. The van der Waals surface area contributed by atoms with E-state index in [-0.39, 0.29) is 23.7 Å². The van der Waals surface area contributed by atoms with Gasteiger partial charge < -0.3 is 10.6 Å². The van der Waals surface area contributed by atoms with Gasteiger partial charge in [0, 0.05) is 24.3 Å². The Balaban J connectivity index is 1.82. The van der Waals surface area contributed by atoms with Crippen molar-refractivity contribution in [1.82, 2.24) is 10.2 Å². The topological polar surface area (TPSA) is 44.4 Å². The molecule has 0 spiro atoms. The van der Waals surface area contributed by atoms with Crippen LogP contribution in [0.15, 0.2) is 24.3 Å². The van der Waals surface area contributed by atoms with Crippen molar-refractivity contribution in [3.05, 3.63) is 29.8 Å². The molecule has 0 aliphatic carbocycles. The van der Waals surface area contributed by atoms with Crippen molar-refractivity contribution in [2.75, 3.05) is 31.5 Å². The number of nitrogens with one attached hydrogen (secondary N) is 2. The third-order valence-corrected chi connectivity index (χ3v) is 4.87. The minimum Gasteiger partial charge on any atom is -0.376 e. The monoisotopic (exact) mass is 371 g/mol. The van der Waals surface area contributed by atoms with E-state index in [1.807, 2.05) is 0 Å². The van der Waals surface area contributed by atoms with E-state index < -0.39 is 11.7 Å². The van der Waals surface area contributed by atoms with Gasteiger partial charge in [0.05, 0.1) is 12.1 Å². The molecule has 1 aromatic carbocycles. The molecule has 1 aliphatic rings. The Labute approximate surface area is 153 Å². The fourth-order valence-electron chi connectivity index (χ4n) is 3.22. The molecule has 1 amide bonds. The maximum Gasteiger partial charge on any atom is 0.416 e. The van der Waals surface area contributed by atoms with Gasteiger partial charge in [0.2, 0.25) is 5.91 Å². The molecule has 2 N–H and O–H groups in total. The van der Waals surface area contributed by atoms with Crippen molar-refractivity contribution in [3.63, 3.8) is 0 Å². The molecule has 0 radical (unpaired) electrons. The van der Waals surface area contributed by atoms with Gasteiger partial charge >= 0.3 is 6.18 Å². The van der Waals surface area contributed by atoms with Gasteiger partial charge in [-0.3, -0.25) is 9.69 Å². The van der Waals surface area contributed by atoms with Crippen LogP contribution >= 0.6 is 0 Å². The first-order valence-electron chi connectivity index (χ1n) is 9.01. The summed E-state index contributed by atoms with van der Waals surface area (Å²) in [6.45, 7) is 8.93. The largest absolute Gasteiger partial charge is 0.416 e. The number of anilines is 1. The number of carbonyl (C=O) groups excluding carboxylic acids is 1. The van der Waals surface area contributed by atoms with Gasteiger partial charge in [-0.15, -0.1) is 0 Å². The van der Waals surface area contributed by atoms with Crippen molar-refractivity contribution >= 4 is 11.6 Å². The number of rotatable bonds is 6. The summed E-state index contributed by atoms with van der Waals surface area (Å²) in [4.78, 5) is 14.5. The molecule has 26 heavy (non-hydrogen) atoms. The van der Waals surface area contributed by atoms with E-state index in [4.69, 9.17) is 0 Å². The van der Waals surface area contributed by atoms with E-state index in [9.17, 15) is 18.0 Å². The molecular formula is C19H28F3N3O. The Morgan fingerprint density at radius 2 is 2.04 bits per heavy atom. The molecule has 4 nitrogen and oxygen atoms in total. The van der Waals surface area contributed by atoms with Gasteiger partial charge in [0.1, 0.15) is 0 Å². The van der Waals surface area contributed by atoms with Crippen LogP contribution in [0.5, 0.6) is 0 Å². The molecule has 146 valence electrons. The number of likely N-dealkylation sites (tertiary alicyclic amines) is 1. The third-order valence-electron chi connectivity index (χ3n) is 4.87. The van der Waals surface area contributed by atoms with Gasteiger partial charge in [-0.1, -0.05) is 13.0 Å². The number of amides is 1. The van der Waals surface area contributed by atoms with Gasteiger partial charge in [0.25, 0.3) is 0 Å². The second-order valence-corrected chi connectivity index (χ2v) is 7.71.